The van der Waals surface area contributed by atoms with Crippen LogP contribution >= 0.6 is 11.6 Å². The molecule has 0 aliphatic heterocycles. The van der Waals surface area contributed by atoms with Gasteiger partial charge >= 0.3 is 0 Å². The van der Waals surface area contributed by atoms with Crippen LogP contribution in [-0.2, 0) is 28.3 Å². The van der Waals surface area contributed by atoms with Crippen LogP contribution in [0.1, 0.15) is 29.2 Å². The van der Waals surface area contributed by atoms with Gasteiger partial charge in [-0.05, 0) is 41.7 Å². The lowest BCUT2D eigenvalue weighted by Gasteiger charge is -2.10. The smallest absolute Gasteiger partial charge is 0.292 e. The lowest BCUT2D eigenvalue weighted by atomic mass is 10.0. The van der Waals surface area contributed by atoms with Crippen molar-refractivity contribution in [1.82, 2.24) is 0 Å². The molecule has 120 valence electrons. The molecule has 0 fully saturated rings. The lowest BCUT2D eigenvalue weighted by molar-refractivity contribution is -0.134. The molecule has 1 amide bonds. The van der Waals surface area contributed by atoms with E-state index in [0.29, 0.717) is 11.6 Å². The van der Waals surface area contributed by atoms with Crippen LogP contribution in [0.3, 0.4) is 0 Å². The third-order valence-corrected chi connectivity index (χ3v) is 4.12. The number of halogens is 1. The molecule has 0 saturated carbocycles. The van der Waals surface area contributed by atoms with Crippen molar-refractivity contribution in [1.29, 1.82) is 0 Å². The van der Waals surface area contributed by atoms with Crippen molar-refractivity contribution in [3.63, 3.8) is 0 Å². The predicted molar refractivity (Wildman–Crippen MR) is 93.9 cm³/mol. The van der Waals surface area contributed by atoms with Crippen LogP contribution in [-0.4, -0.2) is 11.7 Å². The Balaban J connectivity index is 2.07. The summed E-state index contributed by atoms with van der Waals surface area (Å²) >= 11 is 5.80. The third kappa shape index (κ3) is 4.42. The summed E-state index contributed by atoms with van der Waals surface area (Å²) in [6.45, 7) is 3.93. The molecule has 0 unspecified atom stereocenters. The van der Waals surface area contributed by atoms with Gasteiger partial charge in [-0.1, -0.05) is 43.3 Å². The SMILES string of the molecule is CCc1ccccc1NC(=O)C(=O)Cc1ccc(CCl)cc1C. The van der Waals surface area contributed by atoms with Gasteiger partial charge in [0, 0.05) is 18.0 Å². The first-order chi connectivity index (χ1) is 11.0. The summed E-state index contributed by atoms with van der Waals surface area (Å²) in [5.41, 5.74) is 4.53. The quantitative estimate of drug-likeness (QED) is 0.642. The Morgan fingerprint density at radius 2 is 1.83 bits per heavy atom. The molecule has 0 aromatic heterocycles. The number of aryl methyl sites for hydroxylation is 2. The van der Waals surface area contributed by atoms with E-state index in [1.165, 1.54) is 0 Å². The number of amides is 1. The minimum atomic E-state index is -0.577. The minimum absolute atomic E-state index is 0.0918. The monoisotopic (exact) mass is 329 g/mol. The van der Waals surface area contributed by atoms with Crippen molar-refractivity contribution in [3.05, 3.63) is 64.7 Å². The van der Waals surface area contributed by atoms with Crippen LogP contribution in [0.4, 0.5) is 5.69 Å². The molecular weight excluding hydrogens is 310 g/mol. The second-order valence-electron chi connectivity index (χ2n) is 5.46. The summed E-state index contributed by atoms with van der Waals surface area (Å²) in [7, 11) is 0. The van der Waals surface area contributed by atoms with Gasteiger partial charge in [0.1, 0.15) is 0 Å². The van der Waals surface area contributed by atoms with Crippen molar-refractivity contribution in [2.24, 2.45) is 0 Å². The summed E-state index contributed by atoms with van der Waals surface area (Å²) in [4.78, 5) is 24.3. The first-order valence-electron chi connectivity index (χ1n) is 7.61. The van der Waals surface area contributed by atoms with E-state index in [4.69, 9.17) is 11.6 Å². The third-order valence-electron chi connectivity index (χ3n) is 3.81. The molecule has 0 aliphatic carbocycles. The average molecular weight is 330 g/mol. The summed E-state index contributed by atoms with van der Waals surface area (Å²) in [6.07, 6.45) is 0.887. The molecular formula is C19H20ClNO2. The largest absolute Gasteiger partial charge is 0.319 e. The molecule has 0 radical (unpaired) electrons. The fourth-order valence-corrected chi connectivity index (χ4v) is 2.60. The molecule has 23 heavy (non-hydrogen) atoms. The Labute approximate surface area is 141 Å². The van der Waals surface area contributed by atoms with Crippen LogP contribution in [0.15, 0.2) is 42.5 Å². The number of ketones is 1. The number of hydrogen-bond acceptors (Lipinski definition) is 2. The van der Waals surface area contributed by atoms with Gasteiger partial charge in [0.25, 0.3) is 5.91 Å². The van der Waals surface area contributed by atoms with Crippen molar-refractivity contribution in [3.8, 4) is 0 Å². The number of alkyl halides is 1. The predicted octanol–water partition coefficient (Wildman–Crippen LogP) is 4.05. The standard InChI is InChI=1S/C19H20ClNO2/c1-3-15-6-4-5-7-17(15)21-19(23)18(22)11-16-9-8-14(12-20)10-13(16)2/h4-10H,3,11-12H2,1-2H3,(H,21,23). The second-order valence-corrected chi connectivity index (χ2v) is 5.73. The zero-order valence-electron chi connectivity index (χ0n) is 13.4. The summed E-state index contributed by atoms with van der Waals surface area (Å²) in [6, 6.07) is 13.2. The fourth-order valence-electron chi connectivity index (χ4n) is 2.44. The number of rotatable bonds is 6. The number of carbonyl (C=O) groups excluding carboxylic acids is 2. The Hall–Kier alpha value is -2.13. The van der Waals surface area contributed by atoms with Gasteiger partial charge in [-0.2, -0.15) is 0 Å². The topological polar surface area (TPSA) is 46.2 Å². The Morgan fingerprint density at radius 3 is 2.48 bits per heavy atom. The van der Waals surface area contributed by atoms with E-state index in [2.05, 4.69) is 5.32 Å². The molecule has 0 aliphatic rings. The fraction of sp³-hybridized carbons (Fsp3) is 0.263. The number of carbonyl (C=O) groups is 2. The molecule has 2 rings (SSSR count). The Kier molecular flexibility index (Phi) is 5.94. The molecule has 0 saturated heterocycles. The molecule has 4 heteroatoms. The van der Waals surface area contributed by atoms with Crippen molar-refractivity contribution >= 4 is 29.0 Å². The highest BCUT2D eigenvalue weighted by atomic mass is 35.5. The summed E-state index contributed by atoms with van der Waals surface area (Å²) in [5, 5.41) is 2.71. The van der Waals surface area contributed by atoms with Crippen LogP contribution in [0.25, 0.3) is 0 Å². The van der Waals surface area contributed by atoms with Gasteiger partial charge in [0.05, 0.1) is 0 Å². The maximum absolute atomic E-state index is 12.2. The van der Waals surface area contributed by atoms with Gasteiger partial charge in [0.2, 0.25) is 5.78 Å². The number of hydrogen-bond donors (Lipinski definition) is 1. The lowest BCUT2D eigenvalue weighted by Crippen LogP contribution is -2.25. The Morgan fingerprint density at radius 1 is 1.09 bits per heavy atom. The molecule has 2 aromatic rings. The summed E-state index contributed by atoms with van der Waals surface area (Å²) < 4.78 is 0. The first kappa shape index (κ1) is 17.2. The van der Waals surface area contributed by atoms with E-state index in [9.17, 15) is 9.59 Å². The normalized spacial score (nSPS) is 10.4. The van der Waals surface area contributed by atoms with Crippen LogP contribution in [0.2, 0.25) is 0 Å². The summed E-state index contributed by atoms with van der Waals surface area (Å²) in [5.74, 6) is -0.590. The van der Waals surface area contributed by atoms with Crippen LogP contribution in [0, 0.1) is 6.92 Å². The number of nitrogens with one attached hydrogen (secondary N) is 1. The number of Topliss-reactive ketones (excluding diaryl/α,β-unsaturated/α-hetero) is 1. The zero-order valence-corrected chi connectivity index (χ0v) is 14.1. The zero-order chi connectivity index (χ0) is 16.8. The molecule has 0 heterocycles. The number of para-hydroxylation sites is 1. The number of benzene rings is 2. The second kappa shape index (κ2) is 7.93. The molecule has 2 aromatic carbocycles. The molecule has 1 N–H and O–H groups in total. The van der Waals surface area contributed by atoms with E-state index in [1.54, 1.807) is 0 Å². The van der Waals surface area contributed by atoms with Crippen molar-refractivity contribution < 1.29 is 9.59 Å². The van der Waals surface area contributed by atoms with E-state index >= 15 is 0 Å². The highest BCUT2D eigenvalue weighted by molar-refractivity contribution is 6.41. The van der Waals surface area contributed by atoms with Gasteiger partial charge in [-0.25, -0.2) is 0 Å². The van der Waals surface area contributed by atoms with E-state index < -0.39 is 11.7 Å². The Bertz CT molecular complexity index is 725. The maximum Gasteiger partial charge on any atom is 0.292 e. The molecule has 0 spiro atoms. The van der Waals surface area contributed by atoms with Gasteiger partial charge < -0.3 is 5.32 Å². The van der Waals surface area contributed by atoms with Crippen LogP contribution in [0.5, 0.6) is 0 Å². The van der Waals surface area contributed by atoms with Crippen LogP contribution < -0.4 is 5.32 Å². The van der Waals surface area contributed by atoms with E-state index in [1.807, 2.05) is 56.3 Å². The first-order valence-corrected chi connectivity index (χ1v) is 8.15. The highest BCUT2D eigenvalue weighted by Crippen LogP contribution is 2.17. The average Bonchev–Trinajstić information content (AvgIpc) is 2.57. The van der Waals surface area contributed by atoms with E-state index in [-0.39, 0.29) is 6.42 Å². The van der Waals surface area contributed by atoms with Crippen molar-refractivity contribution in [2.45, 2.75) is 32.6 Å². The number of anilines is 1. The van der Waals surface area contributed by atoms with Crippen molar-refractivity contribution in [2.75, 3.05) is 5.32 Å². The molecule has 3 nitrogen and oxygen atoms in total. The maximum atomic E-state index is 12.2. The van der Waals surface area contributed by atoms with Gasteiger partial charge in [-0.15, -0.1) is 11.6 Å². The van der Waals surface area contributed by atoms with Gasteiger partial charge in [0.15, 0.2) is 0 Å². The highest BCUT2D eigenvalue weighted by Gasteiger charge is 2.16. The minimum Gasteiger partial charge on any atom is -0.319 e. The van der Waals surface area contributed by atoms with Gasteiger partial charge in [-0.3, -0.25) is 9.59 Å². The molecule has 0 atom stereocenters. The molecule has 0 bridgehead atoms. The van der Waals surface area contributed by atoms with E-state index in [0.717, 1.165) is 28.7 Å².